The van der Waals surface area contributed by atoms with Gasteiger partial charge in [-0.3, -0.25) is 9.97 Å². The Morgan fingerprint density at radius 3 is 1.03 bits per heavy atom. The van der Waals surface area contributed by atoms with Crippen LogP contribution in [0.15, 0.2) is 134 Å². The van der Waals surface area contributed by atoms with Crippen molar-refractivity contribution in [2.75, 3.05) is 22.9 Å². The van der Waals surface area contributed by atoms with Gasteiger partial charge in [-0.2, -0.15) is 0 Å². The van der Waals surface area contributed by atoms with Crippen LogP contribution in [-0.2, 0) is 9.59 Å². The standard InChI is InChI=1S/2C25H29N3O2.Ca/c2*1-19(2)28(17-11-5-10-16-23(29)30)22-18-26-24(20-12-6-3-7-13-20)25(27-22)21-14-8-4-9-15-21;/h2*3-4,6-9,12-15,18-19H,5,10-11,16-17H2,1-2H3,(H,29,30);/q;;+2/p-2. The van der Waals surface area contributed by atoms with Crippen LogP contribution in [-0.4, -0.2) is 94.8 Å². The van der Waals surface area contributed by atoms with Crippen LogP contribution in [0.1, 0.15) is 79.1 Å². The fourth-order valence-corrected chi connectivity index (χ4v) is 6.98. The number of benzene rings is 4. The summed E-state index contributed by atoms with van der Waals surface area (Å²) in [5, 5.41) is 21.2. The van der Waals surface area contributed by atoms with Crippen LogP contribution in [0.25, 0.3) is 45.0 Å². The molecular weight excluding hydrogens is 789 g/mol. The van der Waals surface area contributed by atoms with Crippen molar-refractivity contribution in [3.63, 3.8) is 0 Å². The zero-order valence-electron chi connectivity index (χ0n) is 36.0. The number of carboxylic acid groups (broad SMARTS) is 2. The Labute approximate surface area is 391 Å². The predicted molar refractivity (Wildman–Crippen MR) is 243 cm³/mol. The average molecular weight is 845 g/mol. The molecule has 0 N–H and O–H groups in total. The van der Waals surface area contributed by atoms with Crippen LogP contribution >= 0.6 is 0 Å². The molecule has 2 aromatic heterocycles. The Hall–Kier alpha value is -5.16. The number of hydrogen-bond donors (Lipinski definition) is 0. The van der Waals surface area contributed by atoms with Crippen molar-refractivity contribution >= 4 is 61.3 Å². The first-order valence-corrected chi connectivity index (χ1v) is 21.0. The van der Waals surface area contributed by atoms with Gasteiger partial charge in [0.25, 0.3) is 0 Å². The summed E-state index contributed by atoms with van der Waals surface area (Å²) in [6, 6.07) is 41.0. The molecule has 0 spiro atoms. The summed E-state index contributed by atoms with van der Waals surface area (Å²) in [5.41, 5.74) is 7.59. The number of carbonyl (C=O) groups is 2. The van der Waals surface area contributed by atoms with Gasteiger partial charge in [-0.1, -0.05) is 134 Å². The third-order valence-corrected chi connectivity index (χ3v) is 10.1. The van der Waals surface area contributed by atoms with Crippen LogP contribution in [0.2, 0.25) is 0 Å². The first-order chi connectivity index (χ1) is 29.1. The Kier molecular flexibility index (Phi) is 20.3. The third-order valence-electron chi connectivity index (χ3n) is 10.1. The van der Waals surface area contributed by atoms with E-state index in [0.29, 0.717) is 12.8 Å². The molecule has 0 aliphatic carbocycles. The van der Waals surface area contributed by atoms with Crippen molar-refractivity contribution < 1.29 is 19.8 Å². The molecule has 0 aliphatic heterocycles. The van der Waals surface area contributed by atoms with E-state index < -0.39 is 11.9 Å². The SMILES string of the molecule is CC(C)N(CCCCCC(=O)[O-])c1cnc(-c2ccccc2)c(-c2ccccc2)n1.CC(C)N(CCCCCC(=O)[O-])c1cnc(-c2ccccc2)c(-c2ccccc2)n1.[Ca+2]. The molecule has 0 radical (unpaired) electrons. The minimum atomic E-state index is -0.981. The van der Waals surface area contributed by atoms with Crippen LogP contribution in [0.5, 0.6) is 0 Å². The molecule has 0 fully saturated rings. The van der Waals surface area contributed by atoms with Crippen molar-refractivity contribution in [1.29, 1.82) is 0 Å². The number of aromatic nitrogens is 4. The van der Waals surface area contributed by atoms with Gasteiger partial charge >= 0.3 is 37.7 Å². The first kappa shape index (κ1) is 48.5. The van der Waals surface area contributed by atoms with Gasteiger partial charge in [0.2, 0.25) is 0 Å². The summed E-state index contributed by atoms with van der Waals surface area (Å²) in [5.74, 6) is -0.289. The van der Waals surface area contributed by atoms with E-state index in [9.17, 15) is 19.8 Å². The van der Waals surface area contributed by atoms with Gasteiger partial charge in [0.05, 0.1) is 35.2 Å². The molecule has 10 nitrogen and oxygen atoms in total. The number of aliphatic carboxylic acids is 2. The molecule has 0 atom stereocenters. The number of carbonyl (C=O) groups excluding carboxylic acids is 2. The maximum Gasteiger partial charge on any atom is 2.00 e. The van der Waals surface area contributed by atoms with E-state index in [2.05, 4.69) is 61.8 Å². The second kappa shape index (κ2) is 25.6. The fourth-order valence-electron chi connectivity index (χ4n) is 6.98. The number of hydrogen-bond acceptors (Lipinski definition) is 10. The average Bonchev–Trinajstić information content (AvgIpc) is 3.27. The zero-order chi connectivity index (χ0) is 42.7. The van der Waals surface area contributed by atoms with Crippen molar-refractivity contribution in [2.45, 2.75) is 91.1 Å². The topological polar surface area (TPSA) is 138 Å². The van der Waals surface area contributed by atoms with E-state index >= 15 is 0 Å². The summed E-state index contributed by atoms with van der Waals surface area (Å²) in [6.07, 6.45) is 8.69. The van der Waals surface area contributed by atoms with Gasteiger partial charge in [0, 0.05) is 59.4 Å². The minimum Gasteiger partial charge on any atom is -0.550 e. The molecule has 6 aromatic rings. The Morgan fingerprint density at radius 2 is 0.754 bits per heavy atom. The molecule has 4 aromatic carbocycles. The van der Waals surface area contributed by atoms with E-state index in [1.807, 2.05) is 109 Å². The molecule has 0 unspecified atom stereocenters. The van der Waals surface area contributed by atoms with E-state index in [4.69, 9.17) is 19.9 Å². The second-order valence-corrected chi connectivity index (χ2v) is 15.3. The molecule has 0 aliphatic rings. The predicted octanol–water partition coefficient (Wildman–Crippen LogP) is 8.29. The van der Waals surface area contributed by atoms with Gasteiger partial charge in [-0.25, -0.2) is 9.97 Å². The van der Waals surface area contributed by atoms with E-state index in [-0.39, 0.29) is 62.7 Å². The van der Waals surface area contributed by atoms with Crippen molar-refractivity contribution in [3.8, 4) is 45.0 Å². The Bertz CT molecular complexity index is 2050. The third kappa shape index (κ3) is 15.1. The van der Waals surface area contributed by atoms with Crippen molar-refractivity contribution in [3.05, 3.63) is 134 Å². The molecule has 0 saturated heterocycles. The smallest absolute Gasteiger partial charge is 0.550 e. The summed E-state index contributed by atoms with van der Waals surface area (Å²) in [6.45, 7) is 10.1. The first-order valence-electron chi connectivity index (χ1n) is 21.0. The Balaban J connectivity index is 0.000000264. The number of unbranched alkanes of at least 4 members (excludes halogenated alkanes) is 4. The van der Waals surface area contributed by atoms with E-state index in [1.165, 1.54) is 0 Å². The summed E-state index contributed by atoms with van der Waals surface area (Å²) in [7, 11) is 0. The molecule has 11 heteroatoms. The van der Waals surface area contributed by atoms with Crippen molar-refractivity contribution in [1.82, 2.24) is 19.9 Å². The minimum absolute atomic E-state index is 0. The number of anilines is 2. The van der Waals surface area contributed by atoms with Gasteiger partial charge < -0.3 is 29.6 Å². The van der Waals surface area contributed by atoms with Crippen LogP contribution in [0.4, 0.5) is 11.6 Å². The van der Waals surface area contributed by atoms with Crippen LogP contribution in [0.3, 0.4) is 0 Å². The largest absolute Gasteiger partial charge is 2.00 e. The molecule has 0 amide bonds. The van der Waals surface area contributed by atoms with E-state index in [1.54, 1.807) is 0 Å². The normalized spacial score (nSPS) is 10.7. The summed E-state index contributed by atoms with van der Waals surface area (Å²) >= 11 is 0. The van der Waals surface area contributed by atoms with Gasteiger partial charge in [-0.15, -0.1) is 0 Å². The molecule has 0 saturated carbocycles. The summed E-state index contributed by atoms with van der Waals surface area (Å²) in [4.78, 5) is 45.3. The number of carboxylic acids is 2. The maximum absolute atomic E-state index is 10.6. The summed E-state index contributed by atoms with van der Waals surface area (Å²) < 4.78 is 0. The van der Waals surface area contributed by atoms with Crippen LogP contribution in [0, 0.1) is 0 Å². The number of rotatable bonds is 20. The number of nitrogens with zero attached hydrogens (tertiary/aromatic N) is 6. The molecular formula is C50H56CaN6O4. The zero-order valence-corrected chi connectivity index (χ0v) is 38.2. The monoisotopic (exact) mass is 844 g/mol. The molecule has 312 valence electrons. The maximum atomic E-state index is 10.6. The fraction of sp³-hybridized carbons (Fsp3) is 0.320. The Morgan fingerprint density at radius 1 is 0.459 bits per heavy atom. The van der Waals surface area contributed by atoms with Gasteiger partial charge in [0.1, 0.15) is 11.6 Å². The quantitative estimate of drug-likeness (QED) is 0.0545. The van der Waals surface area contributed by atoms with E-state index in [0.717, 1.165) is 95.4 Å². The van der Waals surface area contributed by atoms with Crippen LogP contribution < -0.4 is 20.0 Å². The molecule has 2 heterocycles. The second-order valence-electron chi connectivity index (χ2n) is 15.3. The van der Waals surface area contributed by atoms with Gasteiger partial charge in [-0.05, 0) is 66.2 Å². The molecule has 61 heavy (non-hydrogen) atoms. The molecule has 0 bridgehead atoms. The van der Waals surface area contributed by atoms with Gasteiger partial charge in [0.15, 0.2) is 0 Å². The van der Waals surface area contributed by atoms with Crippen molar-refractivity contribution in [2.24, 2.45) is 0 Å². The molecule has 6 rings (SSSR count).